The first-order valence-corrected chi connectivity index (χ1v) is 6.38. The van der Waals surface area contributed by atoms with E-state index in [0.29, 0.717) is 11.5 Å². The molecule has 1 unspecified atom stereocenters. The molecule has 0 spiro atoms. The largest absolute Gasteiger partial charge is 0.456 e. The summed E-state index contributed by atoms with van der Waals surface area (Å²) in [6.07, 6.45) is 0. The van der Waals surface area contributed by atoms with E-state index in [1.165, 1.54) is 23.8 Å². The lowest BCUT2D eigenvalue weighted by atomic mass is 10.1. The smallest absolute Gasteiger partial charge is 0.146 e. The number of hydrogen-bond donors (Lipinski definition) is 1. The lowest BCUT2D eigenvalue weighted by molar-refractivity contribution is 0.480. The summed E-state index contributed by atoms with van der Waals surface area (Å²) >= 11 is 5.91. The van der Waals surface area contributed by atoms with Crippen LogP contribution in [-0.4, -0.2) is 7.05 Å². The van der Waals surface area contributed by atoms with E-state index in [9.17, 15) is 4.39 Å². The van der Waals surface area contributed by atoms with Gasteiger partial charge in [0.1, 0.15) is 17.3 Å². The number of halogens is 2. The van der Waals surface area contributed by atoms with Gasteiger partial charge >= 0.3 is 0 Å². The molecule has 0 heterocycles. The van der Waals surface area contributed by atoms with Crippen LogP contribution in [-0.2, 0) is 0 Å². The van der Waals surface area contributed by atoms with Gasteiger partial charge in [0.25, 0.3) is 0 Å². The summed E-state index contributed by atoms with van der Waals surface area (Å²) in [6.45, 7) is 2.08. The van der Waals surface area contributed by atoms with Gasteiger partial charge in [0.05, 0.1) is 5.02 Å². The van der Waals surface area contributed by atoms with Crippen molar-refractivity contribution < 1.29 is 9.13 Å². The van der Waals surface area contributed by atoms with Gasteiger partial charge in [0.2, 0.25) is 0 Å². The van der Waals surface area contributed by atoms with E-state index in [1.807, 2.05) is 31.3 Å². The number of nitrogens with one attached hydrogen (secondary N) is 1. The lowest BCUT2D eigenvalue weighted by Crippen LogP contribution is -2.11. The zero-order valence-corrected chi connectivity index (χ0v) is 11.5. The third-order valence-corrected chi connectivity index (χ3v) is 3.23. The van der Waals surface area contributed by atoms with Gasteiger partial charge in [-0.05, 0) is 49.9 Å². The Balaban J connectivity index is 2.15. The van der Waals surface area contributed by atoms with Gasteiger partial charge in [0.15, 0.2) is 0 Å². The van der Waals surface area contributed by atoms with E-state index in [4.69, 9.17) is 16.3 Å². The van der Waals surface area contributed by atoms with Gasteiger partial charge in [0, 0.05) is 6.04 Å². The molecule has 100 valence electrons. The number of rotatable bonds is 4. The first-order valence-electron chi connectivity index (χ1n) is 6.00. The minimum absolute atomic E-state index is 0.257. The van der Waals surface area contributed by atoms with Gasteiger partial charge in [-0.3, -0.25) is 0 Å². The molecule has 0 bridgehead atoms. The van der Waals surface area contributed by atoms with Crippen LogP contribution in [0.15, 0.2) is 42.5 Å². The summed E-state index contributed by atoms with van der Waals surface area (Å²) < 4.78 is 18.5. The first-order chi connectivity index (χ1) is 9.10. The van der Waals surface area contributed by atoms with Crippen molar-refractivity contribution in [2.45, 2.75) is 13.0 Å². The molecule has 2 nitrogen and oxygen atoms in total. The highest BCUT2D eigenvalue weighted by atomic mass is 35.5. The Labute approximate surface area is 117 Å². The van der Waals surface area contributed by atoms with E-state index in [0.717, 1.165) is 0 Å². The SMILES string of the molecule is CNC(C)c1ccc(Oc2ccc(F)cc2Cl)cc1. The van der Waals surface area contributed by atoms with Crippen molar-refractivity contribution in [2.75, 3.05) is 7.05 Å². The zero-order chi connectivity index (χ0) is 13.8. The fourth-order valence-electron chi connectivity index (χ4n) is 1.68. The van der Waals surface area contributed by atoms with Gasteiger partial charge in [-0.25, -0.2) is 4.39 Å². The average Bonchev–Trinajstić information content (AvgIpc) is 2.42. The van der Waals surface area contributed by atoms with Gasteiger partial charge in [-0.1, -0.05) is 23.7 Å². The molecular weight excluding hydrogens is 265 g/mol. The van der Waals surface area contributed by atoms with Crippen LogP contribution in [0.25, 0.3) is 0 Å². The zero-order valence-electron chi connectivity index (χ0n) is 10.8. The Bertz CT molecular complexity index is 557. The van der Waals surface area contributed by atoms with Crippen molar-refractivity contribution in [1.29, 1.82) is 0 Å². The molecule has 0 aliphatic heterocycles. The van der Waals surface area contributed by atoms with Crippen LogP contribution in [0, 0.1) is 5.82 Å². The van der Waals surface area contributed by atoms with Crippen LogP contribution in [0.5, 0.6) is 11.5 Å². The maximum Gasteiger partial charge on any atom is 0.146 e. The Morgan fingerprint density at radius 2 is 1.84 bits per heavy atom. The molecule has 0 amide bonds. The Morgan fingerprint density at radius 3 is 2.42 bits per heavy atom. The van der Waals surface area contributed by atoms with Crippen LogP contribution in [0.2, 0.25) is 5.02 Å². The standard InChI is InChI=1S/C15H15ClFNO/c1-10(18-2)11-3-6-13(7-4-11)19-15-8-5-12(17)9-14(15)16/h3-10,18H,1-2H3. The van der Waals surface area contributed by atoms with Crippen molar-refractivity contribution in [3.63, 3.8) is 0 Å². The molecule has 0 saturated carbocycles. The predicted octanol–water partition coefficient (Wildman–Crippen LogP) is 4.55. The first kappa shape index (κ1) is 13.8. The molecule has 1 N–H and O–H groups in total. The van der Waals surface area contributed by atoms with E-state index in [2.05, 4.69) is 12.2 Å². The summed E-state index contributed by atoms with van der Waals surface area (Å²) in [5.74, 6) is 0.730. The molecule has 19 heavy (non-hydrogen) atoms. The molecule has 2 aromatic rings. The molecule has 2 aromatic carbocycles. The van der Waals surface area contributed by atoms with Crippen molar-refractivity contribution in [1.82, 2.24) is 5.32 Å². The van der Waals surface area contributed by atoms with Crippen molar-refractivity contribution >= 4 is 11.6 Å². The van der Waals surface area contributed by atoms with E-state index in [1.54, 1.807) is 0 Å². The topological polar surface area (TPSA) is 21.3 Å². The van der Waals surface area contributed by atoms with Crippen LogP contribution < -0.4 is 10.1 Å². The quantitative estimate of drug-likeness (QED) is 0.886. The maximum absolute atomic E-state index is 12.9. The monoisotopic (exact) mass is 279 g/mol. The summed E-state index contributed by atoms with van der Waals surface area (Å²) in [5, 5.41) is 3.42. The molecule has 0 aromatic heterocycles. The fraction of sp³-hybridized carbons (Fsp3) is 0.200. The summed E-state index contributed by atoms with van der Waals surface area (Å²) in [6, 6.07) is 12.0. The van der Waals surface area contributed by atoms with Gasteiger partial charge in [-0.2, -0.15) is 0 Å². The van der Waals surface area contributed by atoms with Crippen molar-refractivity contribution in [3.05, 3.63) is 58.9 Å². The van der Waals surface area contributed by atoms with Crippen molar-refractivity contribution in [3.8, 4) is 11.5 Å². The second-order valence-electron chi connectivity index (χ2n) is 4.26. The van der Waals surface area contributed by atoms with Gasteiger partial charge < -0.3 is 10.1 Å². The number of benzene rings is 2. The van der Waals surface area contributed by atoms with E-state index in [-0.39, 0.29) is 16.9 Å². The number of hydrogen-bond acceptors (Lipinski definition) is 2. The van der Waals surface area contributed by atoms with E-state index >= 15 is 0 Å². The molecule has 1 atom stereocenters. The Kier molecular flexibility index (Phi) is 4.40. The molecule has 0 aliphatic carbocycles. The third kappa shape index (κ3) is 3.46. The average molecular weight is 280 g/mol. The molecule has 0 saturated heterocycles. The number of ether oxygens (including phenoxy) is 1. The van der Waals surface area contributed by atoms with Crippen LogP contribution in [0.3, 0.4) is 0 Å². The minimum atomic E-state index is -0.379. The molecule has 4 heteroatoms. The van der Waals surface area contributed by atoms with E-state index < -0.39 is 0 Å². The fourth-order valence-corrected chi connectivity index (χ4v) is 1.88. The summed E-state index contributed by atoms with van der Waals surface area (Å²) in [5.41, 5.74) is 1.17. The minimum Gasteiger partial charge on any atom is -0.456 e. The highest BCUT2D eigenvalue weighted by Crippen LogP contribution is 2.30. The molecule has 0 aliphatic rings. The Morgan fingerprint density at radius 1 is 1.16 bits per heavy atom. The molecule has 2 rings (SSSR count). The second-order valence-corrected chi connectivity index (χ2v) is 4.66. The second kappa shape index (κ2) is 6.04. The molecular formula is C15H15ClFNO. The van der Waals surface area contributed by atoms with Crippen LogP contribution >= 0.6 is 11.6 Å². The molecule has 0 radical (unpaired) electrons. The highest BCUT2D eigenvalue weighted by molar-refractivity contribution is 6.32. The maximum atomic E-state index is 12.9. The highest BCUT2D eigenvalue weighted by Gasteiger charge is 2.06. The van der Waals surface area contributed by atoms with Gasteiger partial charge in [-0.15, -0.1) is 0 Å². The third-order valence-electron chi connectivity index (χ3n) is 2.93. The molecule has 0 fully saturated rings. The Hall–Kier alpha value is -1.58. The van der Waals surface area contributed by atoms with Crippen LogP contribution in [0.1, 0.15) is 18.5 Å². The normalized spacial score (nSPS) is 12.2. The lowest BCUT2D eigenvalue weighted by Gasteiger charge is -2.12. The summed E-state index contributed by atoms with van der Waals surface area (Å²) in [4.78, 5) is 0. The summed E-state index contributed by atoms with van der Waals surface area (Å²) in [7, 11) is 1.91. The predicted molar refractivity (Wildman–Crippen MR) is 75.4 cm³/mol. The van der Waals surface area contributed by atoms with Crippen molar-refractivity contribution in [2.24, 2.45) is 0 Å². The van der Waals surface area contributed by atoms with Crippen LogP contribution in [0.4, 0.5) is 4.39 Å².